The lowest BCUT2D eigenvalue weighted by Crippen LogP contribution is -2.46. The number of amides is 1. The van der Waals surface area contributed by atoms with Crippen molar-refractivity contribution in [3.05, 3.63) is 23.9 Å². The molecule has 1 aliphatic rings. The van der Waals surface area contributed by atoms with Crippen molar-refractivity contribution < 1.29 is 4.79 Å². The van der Waals surface area contributed by atoms with Gasteiger partial charge in [-0.2, -0.15) is 0 Å². The van der Waals surface area contributed by atoms with Crippen molar-refractivity contribution in [1.29, 1.82) is 0 Å². The normalized spacial score (nSPS) is 15.9. The maximum absolute atomic E-state index is 12.1. The Morgan fingerprint density at radius 2 is 2.19 bits per heavy atom. The van der Waals surface area contributed by atoms with Crippen LogP contribution >= 0.6 is 0 Å². The van der Waals surface area contributed by atoms with E-state index < -0.39 is 0 Å². The summed E-state index contributed by atoms with van der Waals surface area (Å²) in [4.78, 5) is 18.2. The average Bonchev–Trinajstić information content (AvgIpc) is 2.39. The highest BCUT2D eigenvalue weighted by Crippen LogP contribution is 2.07. The lowest BCUT2D eigenvalue weighted by Gasteiger charge is -2.27. The molecule has 1 saturated heterocycles. The van der Waals surface area contributed by atoms with E-state index in [1.54, 1.807) is 13.1 Å². The highest BCUT2D eigenvalue weighted by molar-refractivity contribution is 5.92. The number of hydrogen-bond acceptors (Lipinski definition) is 4. The van der Waals surface area contributed by atoms with Gasteiger partial charge >= 0.3 is 0 Å². The number of hydrogen-bond donors (Lipinski definition) is 2. The highest BCUT2D eigenvalue weighted by Gasteiger charge is 2.18. The molecule has 0 atom stereocenters. The second-order valence-electron chi connectivity index (χ2n) is 3.70. The summed E-state index contributed by atoms with van der Waals surface area (Å²) in [6, 6.07) is 5.44. The van der Waals surface area contributed by atoms with Crippen molar-refractivity contribution in [2.45, 2.75) is 0 Å². The quantitative estimate of drug-likeness (QED) is 0.746. The van der Waals surface area contributed by atoms with Crippen molar-refractivity contribution in [3.63, 3.8) is 0 Å². The third kappa shape index (κ3) is 2.30. The van der Waals surface area contributed by atoms with E-state index in [0.29, 0.717) is 5.69 Å². The third-order valence-electron chi connectivity index (χ3n) is 2.63. The van der Waals surface area contributed by atoms with Crippen LogP contribution < -0.4 is 10.6 Å². The molecule has 16 heavy (non-hydrogen) atoms. The Morgan fingerprint density at radius 3 is 2.88 bits per heavy atom. The first-order valence-electron chi connectivity index (χ1n) is 5.46. The summed E-state index contributed by atoms with van der Waals surface area (Å²) in [5.41, 5.74) is 0.508. The first kappa shape index (κ1) is 10.9. The monoisotopic (exact) mass is 220 g/mol. The van der Waals surface area contributed by atoms with E-state index >= 15 is 0 Å². The highest BCUT2D eigenvalue weighted by atomic mass is 16.2. The van der Waals surface area contributed by atoms with Crippen molar-refractivity contribution in [2.24, 2.45) is 0 Å². The molecule has 2 rings (SSSR count). The van der Waals surface area contributed by atoms with E-state index in [-0.39, 0.29) is 5.91 Å². The van der Waals surface area contributed by atoms with Crippen LogP contribution in [-0.4, -0.2) is 49.0 Å². The van der Waals surface area contributed by atoms with Gasteiger partial charge in [0.15, 0.2) is 0 Å². The van der Waals surface area contributed by atoms with Gasteiger partial charge < -0.3 is 15.5 Å². The first-order chi connectivity index (χ1) is 7.81. The van der Waals surface area contributed by atoms with E-state index in [1.807, 2.05) is 17.0 Å². The Labute approximate surface area is 94.9 Å². The molecule has 0 spiro atoms. The summed E-state index contributed by atoms with van der Waals surface area (Å²) in [6.07, 6.45) is 0. The molecule has 86 valence electrons. The Morgan fingerprint density at radius 1 is 1.44 bits per heavy atom. The van der Waals surface area contributed by atoms with Gasteiger partial charge in [-0.3, -0.25) is 4.79 Å². The number of carbonyl (C=O) groups excluding carboxylic acids is 1. The largest absolute Gasteiger partial charge is 0.373 e. The van der Waals surface area contributed by atoms with Crippen LogP contribution in [0.1, 0.15) is 10.5 Å². The van der Waals surface area contributed by atoms with Gasteiger partial charge in [-0.05, 0) is 12.1 Å². The topological polar surface area (TPSA) is 57.3 Å². The lowest BCUT2D eigenvalue weighted by atomic mass is 10.2. The van der Waals surface area contributed by atoms with E-state index in [0.717, 1.165) is 32.0 Å². The molecule has 1 aromatic rings. The lowest BCUT2D eigenvalue weighted by molar-refractivity contribution is 0.0730. The Kier molecular flexibility index (Phi) is 3.36. The molecule has 2 N–H and O–H groups in total. The van der Waals surface area contributed by atoms with Crippen LogP contribution in [0.5, 0.6) is 0 Å². The Balaban J connectivity index is 2.12. The summed E-state index contributed by atoms with van der Waals surface area (Å²) in [7, 11) is 1.79. The van der Waals surface area contributed by atoms with Crippen LogP contribution in [-0.2, 0) is 0 Å². The van der Waals surface area contributed by atoms with Crippen LogP contribution in [0.4, 0.5) is 5.82 Å². The number of pyridine rings is 1. The summed E-state index contributed by atoms with van der Waals surface area (Å²) in [5, 5.41) is 6.15. The zero-order chi connectivity index (χ0) is 11.4. The molecular formula is C11H16N4O. The molecule has 0 radical (unpaired) electrons. The molecule has 0 saturated carbocycles. The van der Waals surface area contributed by atoms with Crippen LogP contribution in [0.25, 0.3) is 0 Å². The fraction of sp³-hybridized carbons (Fsp3) is 0.455. The van der Waals surface area contributed by atoms with Gasteiger partial charge in [-0.15, -0.1) is 0 Å². The van der Waals surface area contributed by atoms with E-state index in [2.05, 4.69) is 15.6 Å². The van der Waals surface area contributed by atoms with E-state index in [4.69, 9.17) is 0 Å². The molecule has 1 fully saturated rings. The minimum absolute atomic E-state index is 0.0126. The first-order valence-corrected chi connectivity index (χ1v) is 5.46. The van der Waals surface area contributed by atoms with Gasteiger partial charge in [0, 0.05) is 33.2 Å². The number of carbonyl (C=O) groups is 1. The summed E-state index contributed by atoms with van der Waals surface area (Å²) in [5.74, 6) is 0.736. The number of anilines is 1. The van der Waals surface area contributed by atoms with Crippen molar-refractivity contribution >= 4 is 11.7 Å². The predicted octanol–water partition coefficient (Wildman–Crippen LogP) is 0.169. The molecule has 5 heteroatoms. The fourth-order valence-corrected chi connectivity index (χ4v) is 1.72. The number of nitrogens with zero attached hydrogens (tertiary/aromatic N) is 2. The van der Waals surface area contributed by atoms with Gasteiger partial charge in [-0.1, -0.05) is 6.07 Å². The average molecular weight is 220 g/mol. The fourth-order valence-electron chi connectivity index (χ4n) is 1.72. The molecule has 0 bridgehead atoms. The van der Waals surface area contributed by atoms with Gasteiger partial charge in [0.2, 0.25) is 0 Å². The number of piperazine rings is 1. The maximum Gasteiger partial charge on any atom is 0.272 e. The number of rotatable bonds is 2. The number of nitrogens with one attached hydrogen (secondary N) is 2. The summed E-state index contributed by atoms with van der Waals surface area (Å²) in [6.45, 7) is 3.23. The second-order valence-corrected chi connectivity index (χ2v) is 3.70. The smallest absolute Gasteiger partial charge is 0.272 e. The molecule has 1 aliphatic heterocycles. The van der Waals surface area contributed by atoms with E-state index in [1.165, 1.54) is 0 Å². The van der Waals surface area contributed by atoms with Crippen molar-refractivity contribution in [2.75, 3.05) is 38.5 Å². The minimum atomic E-state index is 0.0126. The van der Waals surface area contributed by atoms with Crippen LogP contribution in [0.15, 0.2) is 18.2 Å². The van der Waals surface area contributed by atoms with Crippen LogP contribution in [0, 0.1) is 0 Å². The van der Waals surface area contributed by atoms with Crippen molar-refractivity contribution in [1.82, 2.24) is 15.2 Å². The van der Waals surface area contributed by atoms with E-state index in [9.17, 15) is 4.79 Å². The zero-order valence-electron chi connectivity index (χ0n) is 9.36. The molecular weight excluding hydrogens is 204 g/mol. The molecule has 2 heterocycles. The Hall–Kier alpha value is -1.62. The van der Waals surface area contributed by atoms with Gasteiger partial charge in [0.1, 0.15) is 11.5 Å². The Bertz CT molecular complexity index is 374. The minimum Gasteiger partial charge on any atom is -0.373 e. The SMILES string of the molecule is CNc1cccc(C(=O)N2CCNCC2)n1. The van der Waals surface area contributed by atoms with Gasteiger partial charge in [0.25, 0.3) is 5.91 Å². The molecule has 0 unspecified atom stereocenters. The second kappa shape index (κ2) is 4.94. The number of aromatic nitrogens is 1. The van der Waals surface area contributed by atoms with Gasteiger partial charge in [0.05, 0.1) is 0 Å². The standard InChI is InChI=1S/C11H16N4O/c1-12-10-4-2-3-9(14-10)11(16)15-7-5-13-6-8-15/h2-4,13H,5-8H2,1H3,(H,12,14). The third-order valence-corrected chi connectivity index (χ3v) is 2.63. The van der Waals surface area contributed by atoms with Crippen LogP contribution in [0.3, 0.4) is 0 Å². The van der Waals surface area contributed by atoms with Gasteiger partial charge in [-0.25, -0.2) is 4.98 Å². The molecule has 0 aliphatic carbocycles. The van der Waals surface area contributed by atoms with Crippen molar-refractivity contribution in [3.8, 4) is 0 Å². The molecule has 1 amide bonds. The molecule has 1 aromatic heterocycles. The maximum atomic E-state index is 12.1. The molecule has 5 nitrogen and oxygen atoms in total. The summed E-state index contributed by atoms with van der Waals surface area (Å²) >= 11 is 0. The van der Waals surface area contributed by atoms with Crippen LogP contribution in [0.2, 0.25) is 0 Å². The predicted molar refractivity (Wildman–Crippen MR) is 62.6 cm³/mol. The summed E-state index contributed by atoms with van der Waals surface area (Å²) < 4.78 is 0. The molecule has 0 aromatic carbocycles. The zero-order valence-corrected chi connectivity index (χ0v) is 9.36.